The van der Waals surface area contributed by atoms with Gasteiger partial charge < -0.3 is 5.32 Å². The Kier molecular flexibility index (Phi) is 2.00. The second-order valence-corrected chi connectivity index (χ2v) is 3.85. The van der Waals surface area contributed by atoms with Crippen LogP contribution in [0.3, 0.4) is 0 Å². The minimum atomic E-state index is -0.0762. The highest BCUT2D eigenvalue weighted by Crippen LogP contribution is 2.18. The summed E-state index contributed by atoms with van der Waals surface area (Å²) in [5.41, 5.74) is 1.92. The molecule has 74 valence electrons. The van der Waals surface area contributed by atoms with Gasteiger partial charge in [-0.15, -0.1) is 0 Å². The van der Waals surface area contributed by atoms with Crippen LogP contribution in [-0.2, 0) is 5.54 Å². The lowest BCUT2D eigenvalue weighted by atomic mass is 9.98. The second kappa shape index (κ2) is 3.06. The molecule has 0 aliphatic rings. The monoisotopic (exact) mass is 190 g/mol. The number of rotatable bonds is 2. The van der Waals surface area contributed by atoms with Gasteiger partial charge in [-0.25, -0.2) is 9.50 Å². The van der Waals surface area contributed by atoms with Crippen LogP contribution in [0, 0.1) is 0 Å². The molecule has 0 atom stereocenters. The third-order valence-electron chi connectivity index (χ3n) is 2.59. The van der Waals surface area contributed by atoms with Crippen LogP contribution in [0.5, 0.6) is 0 Å². The highest BCUT2D eigenvalue weighted by atomic mass is 15.2. The van der Waals surface area contributed by atoms with Gasteiger partial charge in [0, 0.05) is 29.6 Å². The van der Waals surface area contributed by atoms with Crippen LogP contribution in [0.2, 0.25) is 0 Å². The molecule has 14 heavy (non-hydrogen) atoms. The summed E-state index contributed by atoms with van der Waals surface area (Å²) < 4.78 is 1.79. The van der Waals surface area contributed by atoms with Gasteiger partial charge in [-0.2, -0.15) is 5.10 Å². The van der Waals surface area contributed by atoms with Crippen molar-refractivity contribution >= 4 is 5.65 Å². The van der Waals surface area contributed by atoms with Crippen LogP contribution in [0.1, 0.15) is 19.4 Å². The smallest absolute Gasteiger partial charge is 0.154 e. The summed E-state index contributed by atoms with van der Waals surface area (Å²) in [4.78, 5) is 4.32. The highest BCUT2D eigenvalue weighted by molar-refractivity contribution is 5.36. The fraction of sp³-hybridized carbons (Fsp3) is 0.400. The van der Waals surface area contributed by atoms with Gasteiger partial charge in [0.1, 0.15) is 0 Å². The van der Waals surface area contributed by atoms with Crippen molar-refractivity contribution in [3.8, 4) is 0 Å². The van der Waals surface area contributed by atoms with E-state index < -0.39 is 0 Å². The number of nitrogens with one attached hydrogen (secondary N) is 1. The number of hydrogen-bond donors (Lipinski definition) is 1. The molecule has 2 aromatic heterocycles. The maximum absolute atomic E-state index is 4.32. The van der Waals surface area contributed by atoms with E-state index in [4.69, 9.17) is 0 Å². The Hall–Kier alpha value is -1.42. The first-order valence-corrected chi connectivity index (χ1v) is 4.62. The van der Waals surface area contributed by atoms with E-state index in [2.05, 4.69) is 29.2 Å². The van der Waals surface area contributed by atoms with Gasteiger partial charge in [0.2, 0.25) is 0 Å². The van der Waals surface area contributed by atoms with Crippen molar-refractivity contribution in [2.24, 2.45) is 0 Å². The molecule has 2 aromatic rings. The van der Waals surface area contributed by atoms with E-state index in [1.54, 1.807) is 10.7 Å². The molecule has 2 rings (SSSR count). The average Bonchev–Trinajstić information content (AvgIpc) is 2.64. The Balaban J connectivity index is 2.53. The topological polar surface area (TPSA) is 42.2 Å². The quantitative estimate of drug-likeness (QED) is 0.773. The van der Waals surface area contributed by atoms with Crippen molar-refractivity contribution in [1.29, 1.82) is 0 Å². The van der Waals surface area contributed by atoms with Crippen LogP contribution >= 0.6 is 0 Å². The maximum Gasteiger partial charge on any atom is 0.154 e. The van der Waals surface area contributed by atoms with Crippen molar-refractivity contribution in [1.82, 2.24) is 19.9 Å². The Labute approximate surface area is 83.0 Å². The van der Waals surface area contributed by atoms with Crippen molar-refractivity contribution in [2.45, 2.75) is 19.4 Å². The molecule has 0 aromatic carbocycles. The number of nitrogens with zero attached hydrogens (tertiary/aromatic N) is 3. The van der Waals surface area contributed by atoms with Crippen molar-refractivity contribution in [2.75, 3.05) is 7.05 Å². The number of aromatic nitrogens is 3. The fourth-order valence-corrected chi connectivity index (χ4v) is 1.28. The summed E-state index contributed by atoms with van der Waals surface area (Å²) in [5.74, 6) is 0. The van der Waals surface area contributed by atoms with Gasteiger partial charge >= 0.3 is 0 Å². The molecule has 0 aliphatic carbocycles. The summed E-state index contributed by atoms with van der Waals surface area (Å²) >= 11 is 0. The second-order valence-electron chi connectivity index (χ2n) is 3.85. The zero-order valence-corrected chi connectivity index (χ0v) is 8.65. The lowest BCUT2D eigenvalue weighted by Gasteiger charge is -2.23. The Morgan fingerprint density at radius 3 is 2.93 bits per heavy atom. The first-order valence-electron chi connectivity index (χ1n) is 4.62. The third-order valence-corrected chi connectivity index (χ3v) is 2.59. The first kappa shape index (κ1) is 9.15. The van der Waals surface area contributed by atoms with E-state index in [0.29, 0.717) is 0 Å². The third kappa shape index (κ3) is 1.37. The minimum Gasteiger partial charge on any atom is -0.311 e. The Morgan fingerprint density at radius 1 is 1.43 bits per heavy atom. The highest BCUT2D eigenvalue weighted by Gasteiger charge is 2.18. The van der Waals surface area contributed by atoms with Gasteiger partial charge in [-0.3, -0.25) is 0 Å². The summed E-state index contributed by atoms with van der Waals surface area (Å²) in [5, 5.41) is 7.39. The standard InChI is InChI=1S/C10H14N4/c1-10(2,11-3)8-6-12-9-4-5-13-14(9)7-8/h4-7,11H,1-3H3. The molecule has 0 aliphatic heterocycles. The summed E-state index contributed by atoms with van der Waals surface area (Å²) in [6.07, 6.45) is 5.63. The molecule has 0 spiro atoms. The molecular formula is C10H14N4. The van der Waals surface area contributed by atoms with E-state index in [1.807, 2.05) is 25.5 Å². The van der Waals surface area contributed by atoms with Crippen LogP contribution < -0.4 is 5.32 Å². The minimum absolute atomic E-state index is 0.0762. The van der Waals surface area contributed by atoms with Gasteiger partial charge in [0.25, 0.3) is 0 Å². The Bertz CT molecular complexity index is 444. The lowest BCUT2D eigenvalue weighted by Crippen LogP contribution is -2.33. The van der Waals surface area contributed by atoms with Crippen LogP contribution in [-0.4, -0.2) is 21.6 Å². The van der Waals surface area contributed by atoms with Gasteiger partial charge in [0.15, 0.2) is 5.65 Å². The molecule has 0 saturated carbocycles. The van der Waals surface area contributed by atoms with Crippen molar-refractivity contribution < 1.29 is 0 Å². The van der Waals surface area contributed by atoms with Crippen LogP contribution in [0.4, 0.5) is 0 Å². The Morgan fingerprint density at radius 2 is 2.21 bits per heavy atom. The molecule has 0 saturated heterocycles. The zero-order valence-electron chi connectivity index (χ0n) is 8.65. The van der Waals surface area contributed by atoms with E-state index in [-0.39, 0.29) is 5.54 Å². The first-order chi connectivity index (χ1) is 6.63. The normalized spacial score (nSPS) is 12.2. The van der Waals surface area contributed by atoms with Crippen LogP contribution in [0.25, 0.3) is 5.65 Å². The van der Waals surface area contributed by atoms with E-state index in [0.717, 1.165) is 11.2 Å². The van der Waals surface area contributed by atoms with Crippen molar-refractivity contribution in [3.63, 3.8) is 0 Å². The number of fused-ring (bicyclic) bond motifs is 1. The zero-order chi connectivity index (χ0) is 10.2. The molecule has 0 bridgehead atoms. The summed E-state index contributed by atoms with van der Waals surface area (Å²) in [7, 11) is 1.94. The number of hydrogen-bond acceptors (Lipinski definition) is 3. The molecule has 4 nitrogen and oxygen atoms in total. The van der Waals surface area contributed by atoms with E-state index in [1.165, 1.54) is 0 Å². The van der Waals surface area contributed by atoms with Crippen LogP contribution in [0.15, 0.2) is 24.7 Å². The molecule has 2 heterocycles. The molecule has 0 radical (unpaired) electrons. The SMILES string of the molecule is CNC(C)(C)c1cnc2ccnn2c1. The van der Waals surface area contributed by atoms with E-state index in [9.17, 15) is 0 Å². The van der Waals surface area contributed by atoms with Gasteiger partial charge in [-0.05, 0) is 20.9 Å². The predicted molar refractivity (Wildman–Crippen MR) is 55.1 cm³/mol. The molecule has 0 amide bonds. The van der Waals surface area contributed by atoms with E-state index >= 15 is 0 Å². The molecule has 0 fully saturated rings. The molecule has 1 N–H and O–H groups in total. The van der Waals surface area contributed by atoms with Crippen molar-refractivity contribution in [3.05, 3.63) is 30.2 Å². The molecular weight excluding hydrogens is 176 g/mol. The van der Waals surface area contributed by atoms with Gasteiger partial charge in [0.05, 0.1) is 6.20 Å². The largest absolute Gasteiger partial charge is 0.311 e. The fourth-order valence-electron chi connectivity index (χ4n) is 1.28. The average molecular weight is 190 g/mol. The molecule has 0 unspecified atom stereocenters. The lowest BCUT2D eigenvalue weighted by molar-refractivity contribution is 0.440. The predicted octanol–water partition coefficient (Wildman–Crippen LogP) is 1.18. The molecule has 4 heteroatoms. The maximum atomic E-state index is 4.32. The summed E-state index contributed by atoms with van der Waals surface area (Å²) in [6, 6.07) is 1.89. The van der Waals surface area contributed by atoms with Gasteiger partial charge in [-0.1, -0.05) is 0 Å². The summed E-state index contributed by atoms with van der Waals surface area (Å²) in [6.45, 7) is 4.22.